The van der Waals surface area contributed by atoms with E-state index in [1.54, 1.807) is 22.6 Å². The molecule has 5 rings (SSSR count). The molecule has 1 aliphatic heterocycles. The van der Waals surface area contributed by atoms with Crippen LogP contribution >= 0.6 is 0 Å². The SMILES string of the molecule is CC(C)(CCc1cccc2c1OCCN2c1nc2nncn2c2ccc(F)cc12)C(F)(F)F. The molecule has 0 bridgehead atoms. The van der Waals surface area contributed by atoms with Crippen molar-refractivity contribution in [3.63, 3.8) is 0 Å². The van der Waals surface area contributed by atoms with Gasteiger partial charge in [0.15, 0.2) is 0 Å². The number of aryl methyl sites for hydroxylation is 1. The lowest BCUT2D eigenvalue weighted by Gasteiger charge is -2.33. The first-order valence-corrected chi connectivity index (χ1v) is 10.5. The predicted octanol–water partition coefficient (Wildman–Crippen LogP) is 5.47. The molecule has 2 aromatic heterocycles. The van der Waals surface area contributed by atoms with Crippen molar-refractivity contribution in [3.8, 4) is 5.75 Å². The van der Waals surface area contributed by atoms with Crippen LogP contribution in [-0.4, -0.2) is 38.9 Å². The van der Waals surface area contributed by atoms with Gasteiger partial charge in [-0.1, -0.05) is 26.0 Å². The molecular weight excluding hydrogens is 438 g/mol. The van der Waals surface area contributed by atoms with Crippen LogP contribution < -0.4 is 9.64 Å². The van der Waals surface area contributed by atoms with E-state index in [0.29, 0.717) is 52.7 Å². The highest BCUT2D eigenvalue weighted by atomic mass is 19.4. The molecule has 10 heteroatoms. The highest BCUT2D eigenvalue weighted by Crippen LogP contribution is 2.44. The van der Waals surface area contributed by atoms with E-state index in [1.165, 1.54) is 32.3 Å². The minimum absolute atomic E-state index is 0.0750. The molecule has 0 radical (unpaired) electrons. The van der Waals surface area contributed by atoms with Gasteiger partial charge in [-0.2, -0.15) is 18.2 Å². The molecule has 2 aromatic carbocycles. The first-order chi connectivity index (χ1) is 15.7. The molecule has 0 fully saturated rings. The summed E-state index contributed by atoms with van der Waals surface area (Å²) in [5, 5.41) is 8.52. The second-order valence-corrected chi connectivity index (χ2v) is 8.74. The van der Waals surface area contributed by atoms with Crippen LogP contribution in [0.1, 0.15) is 25.8 Å². The molecule has 4 aromatic rings. The molecule has 172 valence electrons. The van der Waals surface area contributed by atoms with Crippen molar-refractivity contribution < 1.29 is 22.3 Å². The Bertz CT molecular complexity index is 1350. The fourth-order valence-corrected chi connectivity index (χ4v) is 4.05. The number of ether oxygens (including phenoxy) is 1. The van der Waals surface area contributed by atoms with Crippen LogP contribution in [0.5, 0.6) is 5.75 Å². The molecule has 0 saturated heterocycles. The number of halogens is 4. The maximum absolute atomic E-state index is 14.2. The lowest BCUT2D eigenvalue weighted by atomic mass is 9.85. The molecule has 0 N–H and O–H groups in total. The van der Waals surface area contributed by atoms with E-state index in [-0.39, 0.29) is 12.8 Å². The van der Waals surface area contributed by atoms with E-state index in [4.69, 9.17) is 4.74 Å². The summed E-state index contributed by atoms with van der Waals surface area (Å²) in [6, 6.07) is 9.80. The van der Waals surface area contributed by atoms with Crippen LogP contribution in [0.4, 0.5) is 29.1 Å². The third-order valence-electron chi connectivity index (χ3n) is 6.16. The Morgan fingerprint density at radius 1 is 1.12 bits per heavy atom. The summed E-state index contributed by atoms with van der Waals surface area (Å²) >= 11 is 0. The van der Waals surface area contributed by atoms with Crippen molar-refractivity contribution in [3.05, 3.63) is 54.1 Å². The van der Waals surface area contributed by atoms with Gasteiger partial charge in [-0.25, -0.2) is 4.39 Å². The van der Waals surface area contributed by atoms with Crippen molar-refractivity contribution >= 4 is 28.2 Å². The Balaban J connectivity index is 1.59. The Kier molecular flexibility index (Phi) is 4.91. The van der Waals surface area contributed by atoms with Crippen molar-refractivity contribution in [1.29, 1.82) is 0 Å². The zero-order valence-electron chi connectivity index (χ0n) is 18.0. The molecule has 0 unspecified atom stereocenters. The highest BCUT2D eigenvalue weighted by Gasteiger charge is 2.46. The topological polar surface area (TPSA) is 55.5 Å². The number of anilines is 2. The lowest BCUT2D eigenvalue weighted by molar-refractivity contribution is -0.213. The predicted molar refractivity (Wildman–Crippen MR) is 115 cm³/mol. The van der Waals surface area contributed by atoms with Gasteiger partial charge in [0.2, 0.25) is 0 Å². The van der Waals surface area contributed by atoms with Gasteiger partial charge in [-0.3, -0.25) is 4.40 Å². The molecule has 33 heavy (non-hydrogen) atoms. The largest absolute Gasteiger partial charge is 0.489 e. The number of para-hydroxylation sites is 1. The molecule has 3 heterocycles. The van der Waals surface area contributed by atoms with Crippen LogP contribution in [0.15, 0.2) is 42.7 Å². The molecule has 0 spiro atoms. The average Bonchev–Trinajstić information content (AvgIpc) is 3.24. The second-order valence-electron chi connectivity index (χ2n) is 8.74. The van der Waals surface area contributed by atoms with E-state index in [0.717, 1.165) is 0 Å². The van der Waals surface area contributed by atoms with Gasteiger partial charge >= 0.3 is 6.18 Å². The number of nitrogens with zero attached hydrogens (tertiary/aromatic N) is 5. The highest BCUT2D eigenvalue weighted by molar-refractivity contribution is 5.94. The molecule has 0 amide bonds. The zero-order chi connectivity index (χ0) is 23.4. The number of hydrogen-bond donors (Lipinski definition) is 0. The summed E-state index contributed by atoms with van der Waals surface area (Å²) in [6.45, 7) is 3.15. The van der Waals surface area contributed by atoms with Gasteiger partial charge in [-0.15, -0.1) is 10.2 Å². The number of rotatable bonds is 4. The fourth-order valence-electron chi connectivity index (χ4n) is 4.05. The monoisotopic (exact) mass is 459 g/mol. The van der Waals surface area contributed by atoms with Crippen LogP contribution in [0.2, 0.25) is 0 Å². The summed E-state index contributed by atoms with van der Waals surface area (Å²) in [5.41, 5.74) is 0.231. The molecule has 0 saturated carbocycles. The first kappa shape index (κ1) is 21.4. The Hall–Kier alpha value is -3.43. The van der Waals surface area contributed by atoms with Crippen LogP contribution in [0.25, 0.3) is 16.7 Å². The third-order valence-corrected chi connectivity index (χ3v) is 6.16. The minimum Gasteiger partial charge on any atom is -0.489 e. The van der Waals surface area contributed by atoms with Crippen molar-refractivity contribution in [2.45, 2.75) is 32.9 Å². The molecule has 6 nitrogen and oxygen atoms in total. The lowest BCUT2D eigenvalue weighted by Crippen LogP contribution is -2.33. The summed E-state index contributed by atoms with van der Waals surface area (Å²) in [6.07, 6.45) is -2.65. The molecule has 0 atom stereocenters. The molecule has 1 aliphatic rings. The normalized spacial score (nSPS) is 14.5. The Morgan fingerprint density at radius 2 is 1.94 bits per heavy atom. The van der Waals surface area contributed by atoms with Gasteiger partial charge in [-0.05, 0) is 42.7 Å². The van der Waals surface area contributed by atoms with Crippen LogP contribution in [0, 0.1) is 11.2 Å². The fraction of sp³-hybridized carbons (Fsp3) is 0.348. The molecular formula is C23H21F4N5O. The van der Waals surface area contributed by atoms with E-state index in [1.807, 2.05) is 11.0 Å². The van der Waals surface area contributed by atoms with Crippen molar-refractivity contribution in [2.75, 3.05) is 18.1 Å². The number of alkyl halides is 3. The average molecular weight is 459 g/mol. The van der Waals surface area contributed by atoms with Gasteiger partial charge in [0.1, 0.15) is 30.3 Å². The summed E-state index contributed by atoms with van der Waals surface area (Å²) in [7, 11) is 0. The minimum atomic E-state index is -4.30. The van der Waals surface area contributed by atoms with E-state index in [9.17, 15) is 17.6 Å². The zero-order valence-corrected chi connectivity index (χ0v) is 18.0. The smallest absolute Gasteiger partial charge is 0.393 e. The van der Waals surface area contributed by atoms with Gasteiger partial charge in [0.05, 0.1) is 23.2 Å². The second kappa shape index (κ2) is 7.57. The van der Waals surface area contributed by atoms with Crippen molar-refractivity contribution in [1.82, 2.24) is 19.6 Å². The number of hydrogen-bond acceptors (Lipinski definition) is 5. The van der Waals surface area contributed by atoms with E-state index >= 15 is 0 Å². The standard InChI is InChI=1S/C23H21F4N5O/c1-22(2,23(25,26)27)9-8-14-4-3-5-18-19(14)33-11-10-31(18)20-16-12-15(24)6-7-17(16)32-13-28-30-21(32)29-20/h3-7,12-13H,8-11H2,1-2H3. The maximum Gasteiger partial charge on any atom is 0.393 e. The van der Waals surface area contributed by atoms with Crippen molar-refractivity contribution in [2.24, 2.45) is 5.41 Å². The van der Waals surface area contributed by atoms with E-state index < -0.39 is 17.4 Å². The van der Waals surface area contributed by atoms with Gasteiger partial charge in [0.25, 0.3) is 5.78 Å². The Labute approximate surface area is 186 Å². The third kappa shape index (κ3) is 3.63. The van der Waals surface area contributed by atoms with Crippen LogP contribution in [-0.2, 0) is 6.42 Å². The first-order valence-electron chi connectivity index (χ1n) is 10.5. The van der Waals surface area contributed by atoms with Crippen LogP contribution in [0.3, 0.4) is 0 Å². The Morgan fingerprint density at radius 3 is 2.73 bits per heavy atom. The number of benzene rings is 2. The summed E-state index contributed by atoms with van der Waals surface area (Å²) in [4.78, 5) is 6.52. The quantitative estimate of drug-likeness (QED) is 0.379. The van der Waals surface area contributed by atoms with Gasteiger partial charge < -0.3 is 9.64 Å². The number of fused-ring (bicyclic) bond motifs is 4. The molecule has 0 aliphatic carbocycles. The van der Waals surface area contributed by atoms with E-state index in [2.05, 4.69) is 15.2 Å². The maximum atomic E-state index is 14.2. The number of aromatic nitrogens is 4. The summed E-state index contributed by atoms with van der Waals surface area (Å²) < 4.78 is 61.8. The summed E-state index contributed by atoms with van der Waals surface area (Å²) in [5.74, 6) is 0.964. The van der Waals surface area contributed by atoms with Gasteiger partial charge in [0, 0.05) is 5.39 Å².